The molecule has 31 heavy (non-hydrogen) atoms. The number of para-hydroxylation sites is 1. The van der Waals surface area contributed by atoms with Crippen molar-refractivity contribution in [3.05, 3.63) is 71.4 Å². The van der Waals surface area contributed by atoms with Gasteiger partial charge in [-0.3, -0.25) is 4.79 Å². The molecule has 6 nitrogen and oxygen atoms in total. The maximum Gasteiger partial charge on any atom is 0.256 e. The van der Waals surface area contributed by atoms with Gasteiger partial charge in [0.25, 0.3) is 5.91 Å². The Hall–Kier alpha value is -2.64. The highest BCUT2D eigenvalue weighted by Gasteiger charge is 2.25. The first-order valence-corrected chi connectivity index (χ1v) is 12.7. The summed E-state index contributed by atoms with van der Waals surface area (Å²) in [7, 11) is -3.14. The van der Waals surface area contributed by atoms with Crippen molar-refractivity contribution >= 4 is 26.8 Å². The molecule has 0 atom stereocenters. The van der Waals surface area contributed by atoms with E-state index in [0.717, 1.165) is 54.4 Å². The fourth-order valence-electron chi connectivity index (χ4n) is 4.32. The van der Waals surface area contributed by atoms with Gasteiger partial charge in [-0.25, -0.2) is 13.1 Å². The summed E-state index contributed by atoms with van der Waals surface area (Å²) in [5, 5.41) is 0.987. The van der Waals surface area contributed by atoms with Crippen LogP contribution < -0.4 is 4.72 Å². The number of aromatic nitrogens is 1. The molecule has 0 unspecified atom stereocenters. The van der Waals surface area contributed by atoms with Crippen molar-refractivity contribution in [2.75, 3.05) is 25.9 Å². The fourth-order valence-corrected chi connectivity index (χ4v) is 4.79. The van der Waals surface area contributed by atoms with Crippen LogP contribution in [0.25, 0.3) is 10.9 Å². The van der Waals surface area contributed by atoms with Crippen LogP contribution in [0.3, 0.4) is 0 Å². The number of piperidine rings is 1. The Morgan fingerprint density at radius 3 is 2.45 bits per heavy atom. The molecule has 7 heteroatoms. The van der Waals surface area contributed by atoms with Crippen molar-refractivity contribution in [3.8, 4) is 0 Å². The Balaban J connectivity index is 1.28. The molecule has 0 spiro atoms. The monoisotopic (exact) mass is 439 g/mol. The first kappa shape index (κ1) is 21.6. The van der Waals surface area contributed by atoms with Gasteiger partial charge < -0.3 is 9.88 Å². The summed E-state index contributed by atoms with van der Waals surface area (Å²) in [5.41, 5.74) is 4.17. The van der Waals surface area contributed by atoms with Crippen molar-refractivity contribution < 1.29 is 13.2 Å². The lowest BCUT2D eigenvalue weighted by atomic mass is 9.89. The highest BCUT2D eigenvalue weighted by molar-refractivity contribution is 7.88. The average molecular weight is 440 g/mol. The van der Waals surface area contributed by atoms with E-state index in [1.165, 1.54) is 11.8 Å². The summed E-state index contributed by atoms with van der Waals surface area (Å²) in [4.78, 5) is 18.2. The summed E-state index contributed by atoms with van der Waals surface area (Å²) in [5.74, 6) is 0.688. The second kappa shape index (κ2) is 9.24. The zero-order chi connectivity index (χ0) is 21.8. The van der Waals surface area contributed by atoms with Crippen LogP contribution >= 0.6 is 0 Å². The maximum atomic E-state index is 13.0. The van der Waals surface area contributed by atoms with Crippen LogP contribution in [-0.2, 0) is 22.9 Å². The molecule has 2 N–H and O–H groups in total. The van der Waals surface area contributed by atoms with Gasteiger partial charge in [-0.2, -0.15) is 0 Å². The maximum absolute atomic E-state index is 13.0. The number of amides is 1. The van der Waals surface area contributed by atoms with Crippen LogP contribution in [-0.4, -0.2) is 50.1 Å². The van der Waals surface area contributed by atoms with Gasteiger partial charge in [-0.15, -0.1) is 0 Å². The lowest BCUT2D eigenvalue weighted by molar-refractivity contribution is 0.0692. The molecule has 0 saturated carbocycles. The van der Waals surface area contributed by atoms with E-state index >= 15 is 0 Å². The standard InChI is InChI=1S/C24H29N3O3S/c1-31(29,30)26-13-10-18-6-8-19(9-7-18)16-20-11-14-27(15-12-20)24(28)22-17-25-23-5-3-2-4-21(22)23/h2-9,17,20,25-26H,10-16H2,1H3. The molecule has 4 rings (SSSR count). The summed E-state index contributed by atoms with van der Waals surface area (Å²) in [6.07, 6.45) is 6.71. The van der Waals surface area contributed by atoms with Gasteiger partial charge in [-0.1, -0.05) is 42.5 Å². The smallest absolute Gasteiger partial charge is 0.256 e. The molecule has 2 aromatic carbocycles. The number of hydrogen-bond donors (Lipinski definition) is 2. The molecule has 0 bridgehead atoms. The molecule has 1 fully saturated rings. The summed E-state index contributed by atoms with van der Waals surface area (Å²) < 4.78 is 24.8. The topological polar surface area (TPSA) is 82.3 Å². The molecule has 3 aromatic rings. The number of hydrogen-bond acceptors (Lipinski definition) is 3. The zero-order valence-corrected chi connectivity index (χ0v) is 18.6. The number of carbonyl (C=O) groups excluding carboxylic acids is 1. The SMILES string of the molecule is CS(=O)(=O)NCCc1ccc(CC2CCN(C(=O)c3c[nH]c4ccccc34)CC2)cc1. The lowest BCUT2D eigenvalue weighted by Crippen LogP contribution is -2.38. The number of nitrogens with one attached hydrogen (secondary N) is 2. The third-order valence-electron chi connectivity index (χ3n) is 6.05. The molecule has 1 amide bonds. The van der Waals surface area contributed by atoms with Gasteiger partial charge >= 0.3 is 0 Å². The van der Waals surface area contributed by atoms with E-state index in [4.69, 9.17) is 0 Å². The number of carbonyl (C=O) groups is 1. The van der Waals surface area contributed by atoms with Crippen LogP contribution in [0.2, 0.25) is 0 Å². The van der Waals surface area contributed by atoms with Crippen molar-refractivity contribution in [2.45, 2.75) is 25.7 Å². The van der Waals surface area contributed by atoms with Crippen LogP contribution in [0.4, 0.5) is 0 Å². The Labute approximate surface area is 183 Å². The summed E-state index contributed by atoms with van der Waals surface area (Å²) >= 11 is 0. The number of sulfonamides is 1. The Kier molecular flexibility index (Phi) is 6.43. The quantitative estimate of drug-likeness (QED) is 0.592. The highest BCUT2D eigenvalue weighted by Crippen LogP contribution is 2.25. The molecule has 2 heterocycles. The van der Waals surface area contributed by atoms with Crippen LogP contribution in [0, 0.1) is 5.92 Å². The van der Waals surface area contributed by atoms with E-state index in [0.29, 0.717) is 18.9 Å². The van der Waals surface area contributed by atoms with E-state index in [-0.39, 0.29) is 5.91 Å². The minimum atomic E-state index is -3.14. The first-order valence-electron chi connectivity index (χ1n) is 10.8. The Bertz CT molecular complexity index is 1140. The molecule has 1 aliphatic heterocycles. The van der Waals surface area contributed by atoms with E-state index in [9.17, 15) is 13.2 Å². The fraction of sp³-hybridized carbons (Fsp3) is 0.375. The van der Waals surface area contributed by atoms with Crippen LogP contribution in [0.15, 0.2) is 54.7 Å². The van der Waals surface area contributed by atoms with Gasteiger partial charge in [0.15, 0.2) is 0 Å². The van der Waals surface area contributed by atoms with E-state index in [2.05, 4.69) is 34.0 Å². The second-order valence-electron chi connectivity index (χ2n) is 8.42. The predicted octanol–water partition coefficient (Wildman–Crippen LogP) is 3.35. The van der Waals surface area contributed by atoms with Crippen molar-refractivity contribution in [1.29, 1.82) is 0 Å². The summed E-state index contributed by atoms with van der Waals surface area (Å²) in [6, 6.07) is 16.4. The minimum absolute atomic E-state index is 0.114. The van der Waals surface area contributed by atoms with E-state index in [1.807, 2.05) is 35.4 Å². The number of rotatable bonds is 7. The van der Waals surface area contributed by atoms with Crippen LogP contribution in [0.5, 0.6) is 0 Å². The van der Waals surface area contributed by atoms with Crippen molar-refractivity contribution in [3.63, 3.8) is 0 Å². The lowest BCUT2D eigenvalue weighted by Gasteiger charge is -2.32. The van der Waals surface area contributed by atoms with Gasteiger partial charge in [0.05, 0.1) is 11.8 Å². The number of likely N-dealkylation sites (tertiary alicyclic amines) is 1. The van der Waals surface area contributed by atoms with Gasteiger partial charge in [0, 0.05) is 36.7 Å². The largest absolute Gasteiger partial charge is 0.360 e. The minimum Gasteiger partial charge on any atom is -0.360 e. The molecular weight excluding hydrogens is 410 g/mol. The molecular formula is C24H29N3O3S. The predicted molar refractivity (Wildman–Crippen MR) is 124 cm³/mol. The number of aromatic amines is 1. The second-order valence-corrected chi connectivity index (χ2v) is 10.3. The number of H-pyrrole nitrogens is 1. The molecule has 1 aromatic heterocycles. The average Bonchev–Trinajstić information content (AvgIpc) is 3.18. The van der Waals surface area contributed by atoms with Crippen molar-refractivity contribution in [1.82, 2.24) is 14.6 Å². The third kappa shape index (κ3) is 5.54. The van der Waals surface area contributed by atoms with E-state index in [1.54, 1.807) is 0 Å². The van der Waals surface area contributed by atoms with Gasteiger partial charge in [-0.05, 0) is 48.8 Å². The summed E-state index contributed by atoms with van der Waals surface area (Å²) in [6.45, 7) is 2.00. The van der Waals surface area contributed by atoms with Gasteiger partial charge in [0.2, 0.25) is 10.0 Å². The third-order valence-corrected chi connectivity index (χ3v) is 6.78. The Morgan fingerprint density at radius 1 is 1.06 bits per heavy atom. The normalized spacial score (nSPS) is 15.5. The molecule has 164 valence electrons. The molecule has 0 aliphatic carbocycles. The molecule has 1 saturated heterocycles. The van der Waals surface area contributed by atoms with Crippen molar-refractivity contribution in [2.24, 2.45) is 5.92 Å². The number of benzene rings is 2. The van der Waals surface area contributed by atoms with Gasteiger partial charge in [0.1, 0.15) is 0 Å². The van der Waals surface area contributed by atoms with Crippen LogP contribution in [0.1, 0.15) is 34.3 Å². The molecule has 1 aliphatic rings. The first-order chi connectivity index (χ1) is 14.9. The number of fused-ring (bicyclic) bond motifs is 1. The zero-order valence-electron chi connectivity index (χ0n) is 17.8. The highest BCUT2D eigenvalue weighted by atomic mass is 32.2. The van der Waals surface area contributed by atoms with E-state index < -0.39 is 10.0 Å². The number of nitrogens with zero attached hydrogens (tertiary/aromatic N) is 1. The molecule has 0 radical (unpaired) electrons. The Morgan fingerprint density at radius 2 is 1.74 bits per heavy atom.